The summed E-state index contributed by atoms with van der Waals surface area (Å²) < 4.78 is 55.4. The summed E-state index contributed by atoms with van der Waals surface area (Å²) in [5.74, 6) is -1.27. The van der Waals surface area contributed by atoms with E-state index in [0.717, 1.165) is 54.1 Å². The Labute approximate surface area is 290 Å². The minimum Gasteiger partial charge on any atom is -0.207 e. The molecule has 7 rings (SSSR count). The molecule has 0 aliphatic heterocycles. The quantitative estimate of drug-likeness (QED) is 0.110. The molecule has 0 nitrogen and oxygen atoms in total. The Morgan fingerprint density at radius 1 is 0.240 bits per heavy atom. The Morgan fingerprint density at radius 2 is 0.380 bits per heavy atom. The smallest absolute Gasteiger partial charge is 0.123 e. The predicted octanol–water partition coefficient (Wildman–Crippen LogP) is 9.03. The summed E-state index contributed by atoms with van der Waals surface area (Å²) in [6, 6.07) is 50.5. The van der Waals surface area contributed by atoms with Crippen LogP contribution >= 0.6 is 13.8 Å². The van der Waals surface area contributed by atoms with Crippen LogP contribution in [0.5, 0.6) is 0 Å². The van der Waals surface area contributed by atoms with Crippen LogP contribution in [0.2, 0.25) is 0 Å². The van der Waals surface area contributed by atoms with Gasteiger partial charge in [-0.2, -0.15) is 0 Å². The van der Waals surface area contributed by atoms with Gasteiger partial charge >= 0.3 is 0 Å². The second-order valence-electron chi connectivity index (χ2n) is 12.2. The number of benzene rings is 7. The lowest BCUT2D eigenvalue weighted by atomic mass is 10.0. The molecule has 0 aliphatic rings. The number of hydrogen-bond acceptors (Lipinski definition) is 0. The van der Waals surface area contributed by atoms with Crippen molar-refractivity contribution in [2.75, 3.05) is 0 Å². The zero-order valence-corrected chi connectivity index (χ0v) is 28.8. The van der Waals surface area contributed by atoms with E-state index >= 15 is 0 Å². The van der Waals surface area contributed by atoms with Gasteiger partial charge in [-0.3, -0.25) is 0 Å². The Hall–Kier alpha value is -5.14. The van der Waals surface area contributed by atoms with Crippen LogP contribution in [0.15, 0.2) is 170 Å². The van der Waals surface area contributed by atoms with Crippen molar-refractivity contribution in [1.82, 2.24) is 0 Å². The number of halogens is 4. The summed E-state index contributed by atoms with van der Waals surface area (Å²) in [5.41, 5.74) is 4.16. The van der Waals surface area contributed by atoms with Crippen LogP contribution in [0.1, 0.15) is 0 Å². The monoisotopic (exact) mass is 698 g/mol. The Kier molecular flexibility index (Phi) is 9.10. The van der Waals surface area contributed by atoms with Crippen LogP contribution in [-0.2, 0) is 0 Å². The first-order valence-electron chi connectivity index (χ1n) is 16.0. The second kappa shape index (κ2) is 13.6. The van der Waals surface area contributed by atoms with Gasteiger partial charge in [-0.1, -0.05) is 134 Å². The summed E-state index contributed by atoms with van der Waals surface area (Å²) in [7, 11) is 0. The second-order valence-corrected chi connectivity index (χ2v) is 18.5. The molecular weight excluding hydrogens is 666 g/mol. The third kappa shape index (κ3) is 6.34. The molecule has 0 unspecified atom stereocenters. The lowest BCUT2D eigenvalue weighted by Gasteiger charge is -2.27. The van der Waals surface area contributed by atoms with Crippen molar-refractivity contribution < 1.29 is 17.6 Å². The predicted molar refractivity (Wildman–Crippen MR) is 209 cm³/mol. The molecule has 0 heterocycles. The maximum absolute atomic E-state index is 13.8. The topological polar surface area (TPSA) is 0 Å². The van der Waals surface area contributed by atoms with Crippen LogP contribution in [0, 0.1) is 23.3 Å². The zero-order chi connectivity index (χ0) is 34.9. The van der Waals surface area contributed by atoms with Crippen molar-refractivity contribution in [2.45, 2.75) is 0 Å². The van der Waals surface area contributed by atoms with Gasteiger partial charge in [0.2, 0.25) is 0 Å². The molecule has 0 atom stereocenters. The molecule has 0 fully saturated rings. The van der Waals surface area contributed by atoms with Gasteiger partial charge in [0.05, 0.1) is 0 Å². The highest BCUT2D eigenvalue weighted by molar-refractivity contribution is 7.93. The van der Waals surface area contributed by atoms with E-state index in [1.165, 1.54) is 48.5 Å². The minimum absolute atomic E-state index is 0.318. The summed E-state index contributed by atoms with van der Waals surface area (Å²) in [4.78, 5) is 0. The average Bonchev–Trinajstić information content (AvgIpc) is 3.15. The van der Waals surface area contributed by atoms with Crippen LogP contribution in [0.4, 0.5) is 17.6 Å². The molecular formula is C44H32F4P2. The minimum atomic E-state index is -2.40. The first kappa shape index (κ1) is 33.4. The molecule has 50 heavy (non-hydrogen) atoms. The van der Waals surface area contributed by atoms with Crippen LogP contribution in [0.3, 0.4) is 0 Å². The van der Waals surface area contributed by atoms with Gasteiger partial charge in [0.15, 0.2) is 0 Å². The van der Waals surface area contributed by atoms with E-state index in [1.54, 1.807) is 48.5 Å². The molecule has 0 amide bonds. The Bertz CT molecular complexity index is 2070. The molecule has 0 bridgehead atoms. The van der Waals surface area contributed by atoms with Crippen LogP contribution < -0.4 is 31.8 Å². The molecule has 0 N–H and O–H groups in total. The zero-order valence-electron chi connectivity index (χ0n) is 27.0. The van der Waals surface area contributed by atoms with Crippen LogP contribution in [0.25, 0.3) is 22.3 Å². The van der Waals surface area contributed by atoms with Crippen molar-refractivity contribution in [3.8, 4) is 22.3 Å². The van der Waals surface area contributed by atoms with Gasteiger partial charge in [0.1, 0.15) is 23.3 Å². The van der Waals surface area contributed by atoms with E-state index in [1.807, 2.05) is 0 Å². The molecule has 0 saturated carbocycles. The van der Waals surface area contributed by atoms with Crippen molar-refractivity contribution >= 4 is 58.2 Å². The Morgan fingerprint density at radius 3 is 0.560 bits per heavy atom. The first-order valence-corrected chi connectivity index (χ1v) is 19.9. The molecule has 246 valence electrons. The fourth-order valence-electron chi connectivity index (χ4n) is 6.35. The third-order valence-corrected chi connectivity index (χ3v) is 16.3. The highest BCUT2D eigenvalue weighted by atomic mass is 31.2. The SMILES string of the molecule is C=P(c1ccc(F)cc1)(c1ccc(F)cc1)c1ccc(-c2ccc(-c3ccc(P(=C)(c4ccc(F)cc4)c4ccc(F)cc4)cc3)cc2)cc1. The highest BCUT2D eigenvalue weighted by Gasteiger charge is 2.24. The summed E-state index contributed by atoms with van der Waals surface area (Å²) in [6.45, 7) is -4.81. The molecule has 0 saturated heterocycles. The standard InChI is InChI=1S/C44H32F4P2/c1-49(41-23-11-35(45)12-24-41,42-25-13-36(46)14-26-42)39-19-7-33(8-20-39)31-3-5-32(6-4-31)34-9-21-40(22-10-34)50(2,43-27-15-37(47)16-28-43)44-29-17-38(48)18-30-44/h3-30H,1-2H2. The van der Waals surface area contributed by atoms with Crippen molar-refractivity contribution in [2.24, 2.45) is 0 Å². The number of hydrogen-bond donors (Lipinski definition) is 0. The van der Waals surface area contributed by atoms with Gasteiger partial charge in [-0.15, -0.1) is 0 Å². The third-order valence-electron chi connectivity index (χ3n) is 9.24. The van der Waals surface area contributed by atoms with E-state index < -0.39 is 13.8 Å². The van der Waals surface area contributed by atoms with E-state index in [-0.39, 0.29) is 23.3 Å². The molecule has 0 spiro atoms. The van der Waals surface area contributed by atoms with Gasteiger partial charge < -0.3 is 0 Å². The lowest BCUT2D eigenvalue weighted by molar-refractivity contribution is 0.628. The van der Waals surface area contributed by atoms with E-state index in [0.29, 0.717) is 0 Å². The molecule has 0 aromatic heterocycles. The summed E-state index contributed by atoms with van der Waals surface area (Å²) in [5, 5.41) is 5.62. The van der Waals surface area contributed by atoms with Gasteiger partial charge in [0.25, 0.3) is 0 Å². The van der Waals surface area contributed by atoms with Crippen LogP contribution in [-0.4, -0.2) is 12.6 Å². The molecule has 6 heteroatoms. The average molecular weight is 699 g/mol. The van der Waals surface area contributed by atoms with E-state index in [9.17, 15) is 17.6 Å². The lowest BCUT2D eigenvalue weighted by Crippen LogP contribution is -2.25. The largest absolute Gasteiger partial charge is 0.207 e. The van der Waals surface area contributed by atoms with E-state index in [2.05, 4.69) is 85.4 Å². The fourth-order valence-corrected chi connectivity index (χ4v) is 12.1. The molecule has 0 radical (unpaired) electrons. The Balaban J connectivity index is 1.17. The fraction of sp³-hybridized carbons (Fsp3) is 0. The first-order chi connectivity index (χ1) is 24.1. The normalized spacial score (nSPS) is 11.8. The highest BCUT2D eigenvalue weighted by Crippen LogP contribution is 2.43. The molecule has 7 aromatic rings. The van der Waals surface area contributed by atoms with Crippen molar-refractivity contribution in [3.63, 3.8) is 0 Å². The maximum atomic E-state index is 13.8. The summed E-state index contributed by atoms with van der Waals surface area (Å²) in [6.07, 6.45) is 9.37. The van der Waals surface area contributed by atoms with Gasteiger partial charge in [0, 0.05) is 0 Å². The summed E-state index contributed by atoms with van der Waals surface area (Å²) >= 11 is 0. The van der Waals surface area contributed by atoms with Crippen molar-refractivity contribution in [3.05, 3.63) is 193 Å². The molecule has 7 aromatic carbocycles. The van der Waals surface area contributed by atoms with Gasteiger partial charge in [-0.25, -0.2) is 17.6 Å². The number of rotatable bonds is 8. The molecule has 0 aliphatic carbocycles. The maximum Gasteiger partial charge on any atom is 0.123 e. The van der Waals surface area contributed by atoms with Crippen molar-refractivity contribution in [1.29, 1.82) is 0 Å². The van der Waals surface area contributed by atoms with E-state index in [4.69, 9.17) is 0 Å². The van der Waals surface area contributed by atoms with Gasteiger partial charge in [-0.05, 0) is 116 Å².